The van der Waals surface area contributed by atoms with Crippen LogP contribution >= 0.6 is 0 Å². The van der Waals surface area contributed by atoms with Gasteiger partial charge in [0.05, 0.1) is 0 Å². The zero-order chi connectivity index (χ0) is 11.4. The fourth-order valence-corrected chi connectivity index (χ4v) is 1.72. The van der Waals surface area contributed by atoms with Crippen molar-refractivity contribution < 1.29 is 5.11 Å². The van der Waals surface area contributed by atoms with Gasteiger partial charge < -0.3 is 9.67 Å². The van der Waals surface area contributed by atoms with Gasteiger partial charge in [-0.05, 0) is 18.6 Å². The van der Waals surface area contributed by atoms with Gasteiger partial charge in [0.15, 0.2) is 0 Å². The molecule has 84 valence electrons. The van der Waals surface area contributed by atoms with Crippen LogP contribution in [-0.2, 0) is 13.0 Å². The van der Waals surface area contributed by atoms with Crippen molar-refractivity contribution in [2.45, 2.75) is 26.0 Å². The van der Waals surface area contributed by atoms with Crippen molar-refractivity contribution in [1.82, 2.24) is 14.5 Å². The Morgan fingerprint density at radius 1 is 1.44 bits per heavy atom. The van der Waals surface area contributed by atoms with Gasteiger partial charge in [-0.2, -0.15) is 0 Å². The molecule has 4 heteroatoms. The molecule has 2 aromatic rings. The van der Waals surface area contributed by atoms with Crippen LogP contribution in [0.15, 0.2) is 36.9 Å². The minimum Gasteiger partial charge on any atom is -0.385 e. The highest BCUT2D eigenvalue weighted by Gasteiger charge is 2.13. The molecule has 0 saturated carbocycles. The van der Waals surface area contributed by atoms with E-state index in [0.717, 1.165) is 12.1 Å². The normalized spacial score (nSPS) is 12.6. The largest absolute Gasteiger partial charge is 0.385 e. The monoisotopic (exact) mass is 217 g/mol. The molecule has 2 heterocycles. The molecule has 0 spiro atoms. The van der Waals surface area contributed by atoms with E-state index >= 15 is 0 Å². The molecule has 16 heavy (non-hydrogen) atoms. The third-order valence-corrected chi connectivity index (χ3v) is 2.54. The summed E-state index contributed by atoms with van der Waals surface area (Å²) in [5, 5.41) is 10.1. The Kier molecular flexibility index (Phi) is 3.31. The van der Waals surface area contributed by atoms with Gasteiger partial charge >= 0.3 is 0 Å². The van der Waals surface area contributed by atoms with E-state index in [-0.39, 0.29) is 0 Å². The number of hydrogen-bond acceptors (Lipinski definition) is 3. The lowest BCUT2D eigenvalue weighted by Gasteiger charge is -2.11. The summed E-state index contributed by atoms with van der Waals surface area (Å²) >= 11 is 0. The van der Waals surface area contributed by atoms with Gasteiger partial charge in [0, 0.05) is 37.8 Å². The molecule has 0 aliphatic heterocycles. The molecule has 2 aromatic heterocycles. The van der Waals surface area contributed by atoms with Crippen molar-refractivity contribution in [2.24, 2.45) is 0 Å². The Labute approximate surface area is 94.6 Å². The molecule has 0 aliphatic rings. The maximum atomic E-state index is 10.1. The lowest BCUT2D eigenvalue weighted by molar-refractivity contribution is 0.163. The minimum absolute atomic E-state index is 0.546. The van der Waals surface area contributed by atoms with Crippen LogP contribution in [-0.4, -0.2) is 19.6 Å². The van der Waals surface area contributed by atoms with Crippen LogP contribution in [0.1, 0.15) is 24.4 Å². The standard InChI is InChI=1S/C12H15N3O/c1-2-15-7-6-14-12(15)11(16)8-10-4-3-5-13-9-10/h3-7,9,11,16H,2,8H2,1H3. The smallest absolute Gasteiger partial charge is 0.137 e. The summed E-state index contributed by atoms with van der Waals surface area (Å²) in [7, 11) is 0. The lowest BCUT2D eigenvalue weighted by atomic mass is 10.1. The van der Waals surface area contributed by atoms with E-state index in [1.807, 2.05) is 29.8 Å². The summed E-state index contributed by atoms with van der Waals surface area (Å²) in [6, 6.07) is 3.82. The van der Waals surface area contributed by atoms with E-state index in [0.29, 0.717) is 12.2 Å². The molecule has 2 rings (SSSR count). The Morgan fingerprint density at radius 3 is 3.00 bits per heavy atom. The quantitative estimate of drug-likeness (QED) is 0.845. The van der Waals surface area contributed by atoms with Crippen LogP contribution < -0.4 is 0 Å². The minimum atomic E-state index is -0.570. The van der Waals surface area contributed by atoms with Gasteiger partial charge in [0.2, 0.25) is 0 Å². The molecular weight excluding hydrogens is 202 g/mol. The van der Waals surface area contributed by atoms with E-state index in [1.165, 1.54) is 0 Å². The second-order valence-corrected chi connectivity index (χ2v) is 3.65. The summed E-state index contributed by atoms with van der Waals surface area (Å²) < 4.78 is 1.95. The summed E-state index contributed by atoms with van der Waals surface area (Å²) in [6.07, 6.45) is 7.06. The summed E-state index contributed by atoms with van der Waals surface area (Å²) in [6.45, 7) is 2.85. The average molecular weight is 217 g/mol. The first-order chi connectivity index (χ1) is 7.81. The van der Waals surface area contributed by atoms with E-state index < -0.39 is 6.10 Å². The molecule has 0 aromatic carbocycles. The van der Waals surface area contributed by atoms with Gasteiger partial charge in [-0.3, -0.25) is 4.98 Å². The molecule has 1 atom stereocenters. The molecule has 0 aliphatic carbocycles. The SMILES string of the molecule is CCn1ccnc1C(O)Cc1cccnc1. The maximum absolute atomic E-state index is 10.1. The van der Waals surface area contributed by atoms with Crippen LogP contribution in [0.4, 0.5) is 0 Å². The first kappa shape index (κ1) is 10.8. The van der Waals surface area contributed by atoms with Crippen LogP contribution in [0.2, 0.25) is 0 Å². The molecule has 0 saturated heterocycles. The molecule has 1 unspecified atom stereocenters. The molecule has 0 amide bonds. The number of aliphatic hydroxyl groups excluding tert-OH is 1. The molecule has 0 bridgehead atoms. The second kappa shape index (κ2) is 4.90. The van der Waals surface area contributed by atoms with Gasteiger partial charge in [-0.15, -0.1) is 0 Å². The van der Waals surface area contributed by atoms with Gasteiger partial charge in [0.25, 0.3) is 0 Å². The molecule has 4 nitrogen and oxygen atoms in total. The number of aromatic nitrogens is 3. The molecule has 1 N–H and O–H groups in total. The highest BCUT2D eigenvalue weighted by atomic mass is 16.3. The summed E-state index contributed by atoms with van der Waals surface area (Å²) in [5.74, 6) is 0.714. The highest BCUT2D eigenvalue weighted by Crippen LogP contribution is 2.16. The zero-order valence-corrected chi connectivity index (χ0v) is 9.24. The van der Waals surface area contributed by atoms with E-state index in [4.69, 9.17) is 0 Å². The predicted molar refractivity (Wildman–Crippen MR) is 60.8 cm³/mol. The van der Waals surface area contributed by atoms with E-state index in [9.17, 15) is 5.11 Å². The first-order valence-corrected chi connectivity index (χ1v) is 5.39. The summed E-state index contributed by atoms with van der Waals surface area (Å²) in [4.78, 5) is 8.20. The van der Waals surface area contributed by atoms with Gasteiger partial charge in [-0.1, -0.05) is 6.07 Å². The number of pyridine rings is 1. The number of aliphatic hydroxyl groups is 1. The number of rotatable bonds is 4. The van der Waals surface area contributed by atoms with E-state index in [1.54, 1.807) is 18.6 Å². The number of nitrogens with zero attached hydrogens (tertiary/aromatic N) is 3. The van der Waals surface area contributed by atoms with Gasteiger partial charge in [-0.25, -0.2) is 4.98 Å². The Bertz CT molecular complexity index is 439. The topological polar surface area (TPSA) is 50.9 Å². The van der Waals surface area contributed by atoms with Crippen molar-refractivity contribution in [3.63, 3.8) is 0 Å². The second-order valence-electron chi connectivity index (χ2n) is 3.65. The van der Waals surface area contributed by atoms with Crippen LogP contribution in [0.5, 0.6) is 0 Å². The Morgan fingerprint density at radius 2 is 2.31 bits per heavy atom. The van der Waals surface area contributed by atoms with Crippen molar-refractivity contribution in [3.05, 3.63) is 48.3 Å². The van der Waals surface area contributed by atoms with Crippen LogP contribution in [0.25, 0.3) is 0 Å². The van der Waals surface area contributed by atoms with Crippen molar-refractivity contribution in [3.8, 4) is 0 Å². The van der Waals surface area contributed by atoms with Crippen LogP contribution in [0.3, 0.4) is 0 Å². The van der Waals surface area contributed by atoms with Gasteiger partial charge in [0.1, 0.15) is 11.9 Å². The number of aryl methyl sites for hydroxylation is 1. The highest BCUT2D eigenvalue weighted by molar-refractivity contribution is 5.12. The maximum Gasteiger partial charge on any atom is 0.137 e. The fraction of sp³-hybridized carbons (Fsp3) is 0.333. The van der Waals surface area contributed by atoms with E-state index in [2.05, 4.69) is 9.97 Å². The molecular formula is C12H15N3O. The number of imidazole rings is 1. The molecule has 0 radical (unpaired) electrons. The Hall–Kier alpha value is -1.68. The third-order valence-electron chi connectivity index (χ3n) is 2.54. The van der Waals surface area contributed by atoms with Crippen molar-refractivity contribution >= 4 is 0 Å². The predicted octanol–water partition coefficient (Wildman–Crippen LogP) is 1.57. The third kappa shape index (κ3) is 2.28. The van der Waals surface area contributed by atoms with Crippen LogP contribution in [0, 0.1) is 0 Å². The number of hydrogen-bond donors (Lipinski definition) is 1. The molecule has 0 fully saturated rings. The first-order valence-electron chi connectivity index (χ1n) is 5.39. The zero-order valence-electron chi connectivity index (χ0n) is 9.24. The fourth-order valence-electron chi connectivity index (χ4n) is 1.72. The summed E-state index contributed by atoms with van der Waals surface area (Å²) in [5.41, 5.74) is 1.01. The average Bonchev–Trinajstić information content (AvgIpc) is 2.78. The van der Waals surface area contributed by atoms with Crippen molar-refractivity contribution in [1.29, 1.82) is 0 Å². The lowest BCUT2D eigenvalue weighted by Crippen LogP contribution is -2.10. The van der Waals surface area contributed by atoms with Crippen molar-refractivity contribution in [2.75, 3.05) is 0 Å². The Balaban J connectivity index is 2.11.